The first-order valence-corrected chi connectivity index (χ1v) is 9.43. The summed E-state index contributed by atoms with van der Waals surface area (Å²) in [6.07, 6.45) is -3.53. The zero-order valence-corrected chi connectivity index (χ0v) is 14.8. The van der Waals surface area contributed by atoms with Crippen molar-refractivity contribution in [2.24, 2.45) is 0 Å². The molecular formula is C18H12F3NO5S. The summed E-state index contributed by atoms with van der Waals surface area (Å²) in [4.78, 5) is 12.3. The molecule has 0 aliphatic carbocycles. The molecule has 0 saturated carbocycles. The van der Waals surface area contributed by atoms with Crippen molar-refractivity contribution in [2.45, 2.75) is 16.8 Å². The molecule has 0 amide bonds. The first kappa shape index (κ1) is 19.6. The van der Waals surface area contributed by atoms with E-state index in [2.05, 4.69) is 5.16 Å². The highest BCUT2D eigenvalue weighted by Crippen LogP contribution is 2.30. The first-order chi connectivity index (χ1) is 13.2. The second kappa shape index (κ2) is 7.47. The van der Waals surface area contributed by atoms with E-state index < -0.39 is 33.3 Å². The molecule has 0 saturated heterocycles. The highest BCUT2D eigenvalue weighted by Gasteiger charge is 2.30. The smallest absolute Gasteiger partial charge is 0.416 e. The van der Waals surface area contributed by atoms with Crippen molar-refractivity contribution < 1.29 is 35.6 Å². The lowest BCUT2D eigenvalue weighted by molar-refractivity contribution is -0.137. The van der Waals surface area contributed by atoms with Crippen LogP contribution in [0.1, 0.15) is 21.7 Å². The third-order valence-electron chi connectivity index (χ3n) is 3.68. The summed E-state index contributed by atoms with van der Waals surface area (Å²) in [5.41, 5.74) is -1.13. The fourth-order valence-electron chi connectivity index (χ4n) is 2.29. The van der Waals surface area contributed by atoms with Crippen LogP contribution in [0.4, 0.5) is 13.2 Å². The minimum absolute atomic E-state index is 0.0356. The fraction of sp³-hybridized carbons (Fsp3) is 0.111. The van der Waals surface area contributed by atoms with Crippen molar-refractivity contribution in [2.75, 3.05) is 0 Å². The normalized spacial score (nSPS) is 12.0. The molecule has 0 radical (unpaired) electrons. The Bertz CT molecular complexity index is 1070. The van der Waals surface area contributed by atoms with Crippen LogP contribution < -0.4 is 4.74 Å². The van der Waals surface area contributed by atoms with Gasteiger partial charge in [0.1, 0.15) is 17.1 Å². The molecule has 0 bridgehead atoms. The number of carbonyl (C=O) groups excluding carboxylic acids is 1. The number of rotatable bonds is 5. The van der Waals surface area contributed by atoms with E-state index in [1.165, 1.54) is 12.1 Å². The van der Waals surface area contributed by atoms with Gasteiger partial charge in [-0.1, -0.05) is 23.4 Å². The van der Waals surface area contributed by atoms with E-state index >= 15 is 0 Å². The number of hydrogen-bond acceptors (Lipinski definition) is 6. The Hall–Kier alpha value is -3.14. The summed E-state index contributed by atoms with van der Waals surface area (Å²) >= 11 is 0. The average molecular weight is 411 g/mol. The van der Waals surface area contributed by atoms with Gasteiger partial charge >= 0.3 is 12.1 Å². The Labute approximate surface area is 157 Å². The Balaban J connectivity index is 1.77. The molecule has 6 nitrogen and oxygen atoms in total. The molecule has 0 aliphatic heterocycles. The SMILES string of the molecule is O=C(Oc1ccc(C(F)(F)F)cc1)c1cnoc1CS(=O)(=O)c1ccccc1. The second-order valence-electron chi connectivity index (χ2n) is 5.65. The quantitative estimate of drug-likeness (QED) is 0.468. The summed E-state index contributed by atoms with van der Waals surface area (Å²) < 4.78 is 72.4. The first-order valence-electron chi connectivity index (χ1n) is 7.77. The highest BCUT2D eigenvalue weighted by atomic mass is 32.2. The third kappa shape index (κ3) is 4.39. The van der Waals surface area contributed by atoms with Crippen molar-refractivity contribution in [1.29, 1.82) is 0 Å². The van der Waals surface area contributed by atoms with Crippen LogP contribution in [0, 0.1) is 0 Å². The number of carbonyl (C=O) groups is 1. The number of hydrogen-bond donors (Lipinski definition) is 0. The van der Waals surface area contributed by atoms with Crippen LogP contribution in [0.25, 0.3) is 0 Å². The predicted octanol–water partition coefficient (Wildman–Crippen LogP) is 3.89. The predicted molar refractivity (Wildman–Crippen MR) is 90.2 cm³/mol. The van der Waals surface area contributed by atoms with Gasteiger partial charge in [-0.15, -0.1) is 0 Å². The molecule has 0 atom stereocenters. The number of esters is 1. The minimum atomic E-state index is -4.52. The van der Waals surface area contributed by atoms with Gasteiger partial charge in [0, 0.05) is 0 Å². The standard InChI is InChI=1S/C18H12F3NO5S/c19-18(20,21)12-6-8-13(9-7-12)26-17(23)15-10-22-27-16(15)11-28(24,25)14-4-2-1-3-5-14/h1-10H,11H2. The topological polar surface area (TPSA) is 86.5 Å². The summed E-state index contributed by atoms with van der Waals surface area (Å²) in [7, 11) is -3.80. The molecule has 0 unspecified atom stereocenters. The van der Waals surface area contributed by atoms with Gasteiger partial charge in [0.25, 0.3) is 0 Å². The Morgan fingerprint density at radius 3 is 2.29 bits per heavy atom. The Morgan fingerprint density at radius 1 is 1.04 bits per heavy atom. The molecule has 3 rings (SSSR count). The molecule has 0 aliphatic rings. The maximum absolute atomic E-state index is 12.6. The average Bonchev–Trinajstić information content (AvgIpc) is 3.10. The van der Waals surface area contributed by atoms with Crippen LogP contribution in [0.5, 0.6) is 5.75 Å². The maximum Gasteiger partial charge on any atom is 0.416 e. The summed E-state index contributed by atoms with van der Waals surface area (Å²) in [5, 5.41) is 3.42. The van der Waals surface area contributed by atoms with Crippen molar-refractivity contribution in [3.05, 3.63) is 77.7 Å². The zero-order chi connectivity index (χ0) is 20.4. The van der Waals surface area contributed by atoms with E-state index in [0.29, 0.717) is 0 Å². The van der Waals surface area contributed by atoms with Crippen molar-refractivity contribution in [1.82, 2.24) is 5.16 Å². The summed E-state index contributed by atoms with van der Waals surface area (Å²) in [6, 6.07) is 11.0. The number of benzene rings is 2. The number of alkyl halides is 3. The van der Waals surface area contributed by atoms with Gasteiger partial charge in [0.15, 0.2) is 15.6 Å². The Kier molecular flexibility index (Phi) is 5.23. The van der Waals surface area contributed by atoms with Gasteiger partial charge in [0.05, 0.1) is 16.7 Å². The van der Waals surface area contributed by atoms with E-state index in [-0.39, 0.29) is 22.0 Å². The van der Waals surface area contributed by atoms with Crippen molar-refractivity contribution in [3.8, 4) is 5.75 Å². The molecule has 2 aromatic carbocycles. The van der Waals surface area contributed by atoms with Gasteiger partial charge < -0.3 is 9.26 Å². The van der Waals surface area contributed by atoms with Crippen molar-refractivity contribution in [3.63, 3.8) is 0 Å². The summed E-state index contributed by atoms with van der Waals surface area (Å²) in [5.74, 6) is -2.01. The van der Waals surface area contributed by atoms with E-state index in [4.69, 9.17) is 9.26 Å². The lowest BCUT2D eigenvalue weighted by atomic mass is 10.2. The second-order valence-corrected chi connectivity index (χ2v) is 7.64. The van der Waals surface area contributed by atoms with Crippen molar-refractivity contribution >= 4 is 15.8 Å². The lowest BCUT2D eigenvalue weighted by Crippen LogP contribution is -2.13. The number of aromatic nitrogens is 1. The molecule has 1 aromatic heterocycles. The molecule has 3 aromatic rings. The molecule has 146 valence electrons. The largest absolute Gasteiger partial charge is 0.423 e. The maximum atomic E-state index is 12.6. The molecular weight excluding hydrogens is 399 g/mol. The third-order valence-corrected chi connectivity index (χ3v) is 5.31. The van der Waals surface area contributed by atoms with Gasteiger partial charge in [-0.05, 0) is 36.4 Å². The molecule has 28 heavy (non-hydrogen) atoms. The minimum Gasteiger partial charge on any atom is -0.423 e. The van der Waals surface area contributed by atoms with Gasteiger partial charge in [-0.25, -0.2) is 13.2 Å². The molecule has 0 fully saturated rings. The summed E-state index contributed by atoms with van der Waals surface area (Å²) in [6.45, 7) is 0. The molecule has 10 heteroatoms. The lowest BCUT2D eigenvalue weighted by Gasteiger charge is -2.08. The van der Waals surface area contributed by atoms with Crippen LogP contribution in [0.3, 0.4) is 0 Å². The number of halogens is 3. The van der Waals surface area contributed by atoms with Crippen LogP contribution in [-0.4, -0.2) is 19.5 Å². The Morgan fingerprint density at radius 2 is 1.68 bits per heavy atom. The number of nitrogens with zero attached hydrogens (tertiary/aromatic N) is 1. The van der Waals surface area contributed by atoms with E-state index in [9.17, 15) is 26.4 Å². The van der Waals surface area contributed by atoms with E-state index in [1.807, 2.05) is 0 Å². The van der Waals surface area contributed by atoms with Crippen LogP contribution >= 0.6 is 0 Å². The van der Waals surface area contributed by atoms with Gasteiger partial charge in [0.2, 0.25) is 0 Å². The van der Waals surface area contributed by atoms with Gasteiger partial charge in [-0.3, -0.25) is 0 Å². The molecule has 1 heterocycles. The molecule has 0 spiro atoms. The molecule has 0 N–H and O–H groups in total. The van der Waals surface area contributed by atoms with Crippen LogP contribution in [-0.2, 0) is 21.8 Å². The highest BCUT2D eigenvalue weighted by molar-refractivity contribution is 7.90. The van der Waals surface area contributed by atoms with E-state index in [1.54, 1.807) is 18.2 Å². The van der Waals surface area contributed by atoms with Crippen LogP contribution in [0.2, 0.25) is 0 Å². The number of sulfone groups is 1. The number of ether oxygens (including phenoxy) is 1. The fourth-order valence-corrected chi connectivity index (χ4v) is 3.58. The van der Waals surface area contributed by atoms with Crippen LogP contribution in [0.15, 0.2) is 70.2 Å². The monoisotopic (exact) mass is 411 g/mol. The zero-order valence-electron chi connectivity index (χ0n) is 14.0. The van der Waals surface area contributed by atoms with Gasteiger partial charge in [-0.2, -0.15) is 13.2 Å². The van der Waals surface area contributed by atoms with E-state index in [0.717, 1.165) is 30.5 Å².